The highest BCUT2D eigenvalue weighted by Crippen LogP contribution is 2.33. The minimum atomic E-state index is -0.312. The summed E-state index contributed by atoms with van der Waals surface area (Å²) < 4.78 is 16.3. The van der Waals surface area contributed by atoms with Crippen LogP contribution in [0.1, 0.15) is 25.0 Å². The maximum absolute atomic E-state index is 13.6. The second kappa shape index (κ2) is 11.6. The molecule has 7 nitrogen and oxygen atoms in total. The molecule has 0 atom stereocenters. The van der Waals surface area contributed by atoms with Gasteiger partial charge in [0.15, 0.2) is 0 Å². The number of amides is 2. The Morgan fingerprint density at radius 1 is 0.848 bits per heavy atom. The number of methoxy groups -OCH3 is 2. The smallest absolute Gasteiger partial charge is 0.278 e. The lowest BCUT2D eigenvalue weighted by molar-refractivity contribution is -0.138. The van der Waals surface area contributed by atoms with Crippen LogP contribution in [0.25, 0.3) is 5.57 Å². The maximum atomic E-state index is 13.6. The number of rotatable bonds is 12. The van der Waals surface area contributed by atoms with E-state index in [1.54, 1.807) is 14.2 Å². The third kappa shape index (κ3) is 6.00. The fraction of sp³-hybridized carbons (Fsp3) is 0.385. The Morgan fingerprint density at radius 3 is 2.00 bits per heavy atom. The van der Waals surface area contributed by atoms with Gasteiger partial charge in [0, 0.05) is 27.3 Å². The Bertz CT molecular complexity index is 962. The molecular weight excluding hydrogens is 420 g/mol. The Hall–Kier alpha value is -3.16. The second-order valence-corrected chi connectivity index (χ2v) is 8.07. The molecule has 1 aliphatic rings. The van der Waals surface area contributed by atoms with E-state index in [0.717, 1.165) is 5.56 Å². The largest absolute Gasteiger partial charge is 0.491 e. The van der Waals surface area contributed by atoms with Gasteiger partial charge in [0.05, 0.1) is 31.4 Å². The van der Waals surface area contributed by atoms with Crippen LogP contribution in [0.4, 0.5) is 0 Å². The van der Waals surface area contributed by atoms with E-state index in [4.69, 9.17) is 14.2 Å². The summed E-state index contributed by atoms with van der Waals surface area (Å²) in [5.74, 6) is 0.0919. The van der Waals surface area contributed by atoms with Gasteiger partial charge in [-0.2, -0.15) is 0 Å². The molecule has 0 bridgehead atoms. The molecule has 0 spiro atoms. The summed E-state index contributed by atoms with van der Waals surface area (Å²) in [6.07, 6.45) is 0.0419. The molecule has 0 aliphatic carbocycles. The molecule has 1 aliphatic heterocycles. The summed E-state index contributed by atoms with van der Waals surface area (Å²) in [7, 11) is 3.22. The Balaban J connectivity index is 2.02. The first-order valence-corrected chi connectivity index (χ1v) is 11.1. The van der Waals surface area contributed by atoms with Crippen molar-refractivity contribution in [3.8, 4) is 5.75 Å². The number of carbonyl (C=O) groups excluding carboxylic acids is 2. The first-order valence-electron chi connectivity index (χ1n) is 11.1. The number of ether oxygens (including phenoxy) is 3. The maximum Gasteiger partial charge on any atom is 0.278 e. The summed E-state index contributed by atoms with van der Waals surface area (Å²) in [5, 5.41) is 0. The van der Waals surface area contributed by atoms with E-state index < -0.39 is 0 Å². The molecule has 176 valence electrons. The molecule has 7 heteroatoms. The Morgan fingerprint density at radius 2 is 1.45 bits per heavy atom. The van der Waals surface area contributed by atoms with E-state index in [1.807, 2.05) is 73.3 Å². The molecule has 0 aromatic heterocycles. The van der Waals surface area contributed by atoms with Gasteiger partial charge in [-0.05, 0) is 37.1 Å². The highest BCUT2D eigenvalue weighted by atomic mass is 16.5. The van der Waals surface area contributed by atoms with E-state index in [-0.39, 0.29) is 24.5 Å². The normalized spacial score (nSPS) is 13.9. The molecule has 0 saturated carbocycles. The minimum Gasteiger partial charge on any atom is -0.491 e. The van der Waals surface area contributed by atoms with E-state index in [0.29, 0.717) is 48.9 Å². The summed E-state index contributed by atoms with van der Waals surface area (Å²) in [5.41, 5.74) is 2.33. The van der Waals surface area contributed by atoms with Crippen molar-refractivity contribution in [2.45, 2.75) is 26.5 Å². The van der Waals surface area contributed by atoms with Crippen molar-refractivity contribution in [1.82, 2.24) is 9.80 Å². The van der Waals surface area contributed by atoms with Crippen molar-refractivity contribution in [3.05, 3.63) is 71.4 Å². The molecule has 2 amide bonds. The van der Waals surface area contributed by atoms with Gasteiger partial charge in [0.1, 0.15) is 11.4 Å². The van der Waals surface area contributed by atoms with Crippen molar-refractivity contribution < 1.29 is 23.8 Å². The van der Waals surface area contributed by atoms with E-state index in [1.165, 1.54) is 4.90 Å². The number of hydrogen-bond donors (Lipinski definition) is 0. The molecule has 2 aromatic rings. The molecule has 33 heavy (non-hydrogen) atoms. The lowest BCUT2D eigenvalue weighted by Gasteiger charge is -2.25. The molecule has 0 unspecified atom stereocenters. The Kier molecular flexibility index (Phi) is 8.63. The first-order chi connectivity index (χ1) is 16.0. The molecule has 0 fully saturated rings. The number of carbonyl (C=O) groups is 2. The molecule has 0 N–H and O–H groups in total. The molecule has 1 heterocycles. The van der Waals surface area contributed by atoms with Gasteiger partial charge in [-0.1, -0.05) is 42.5 Å². The van der Waals surface area contributed by atoms with Gasteiger partial charge in [-0.3, -0.25) is 14.5 Å². The molecule has 0 radical (unpaired) electrons. The average molecular weight is 453 g/mol. The van der Waals surface area contributed by atoms with Gasteiger partial charge < -0.3 is 19.1 Å². The number of nitrogens with zero attached hydrogens (tertiary/aromatic N) is 2. The second-order valence-electron chi connectivity index (χ2n) is 8.07. The van der Waals surface area contributed by atoms with Crippen molar-refractivity contribution >= 4 is 17.4 Å². The van der Waals surface area contributed by atoms with E-state index >= 15 is 0 Å². The number of imide groups is 1. The van der Waals surface area contributed by atoms with Crippen LogP contribution in [0.5, 0.6) is 5.75 Å². The minimum absolute atomic E-state index is 0.0419. The van der Waals surface area contributed by atoms with Gasteiger partial charge in [-0.25, -0.2) is 0 Å². The topological polar surface area (TPSA) is 68.3 Å². The summed E-state index contributed by atoms with van der Waals surface area (Å²) in [6.45, 7) is 5.89. The van der Waals surface area contributed by atoms with Gasteiger partial charge >= 0.3 is 0 Å². The molecule has 2 aromatic carbocycles. The lowest BCUT2D eigenvalue weighted by Crippen LogP contribution is -2.37. The summed E-state index contributed by atoms with van der Waals surface area (Å²) in [6, 6.07) is 16.8. The molecule has 3 rings (SSSR count). The standard InChI is InChI=1S/C26H32N2O5/c1-19(2)33-22-12-10-21(11-13-22)23-24(27(14-16-31-3)15-17-32-4)26(30)28(25(23)29)18-20-8-6-5-7-9-20/h5-13,19H,14-18H2,1-4H3. The average Bonchev–Trinajstić information content (AvgIpc) is 3.05. The van der Waals surface area contributed by atoms with Crippen LogP contribution < -0.4 is 4.74 Å². The van der Waals surface area contributed by atoms with Crippen molar-refractivity contribution in [2.24, 2.45) is 0 Å². The van der Waals surface area contributed by atoms with Crippen LogP contribution in [-0.2, 0) is 25.6 Å². The van der Waals surface area contributed by atoms with E-state index in [2.05, 4.69) is 0 Å². The molecule has 0 saturated heterocycles. The SMILES string of the molecule is COCCN(CCOC)C1=C(c2ccc(OC(C)C)cc2)C(=O)N(Cc2ccccc2)C1=O. The predicted molar refractivity (Wildman–Crippen MR) is 126 cm³/mol. The van der Waals surface area contributed by atoms with Crippen LogP contribution >= 0.6 is 0 Å². The number of benzene rings is 2. The lowest BCUT2D eigenvalue weighted by atomic mass is 10.0. The zero-order valence-electron chi connectivity index (χ0n) is 19.7. The van der Waals surface area contributed by atoms with Crippen LogP contribution in [0, 0.1) is 0 Å². The van der Waals surface area contributed by atoms with Crippen LogP contribution in [0.15, 0.2) is 60.3 Å². The quantitative estimate of drug-likeness (QED) is 0.460. The number of hydrogen-bond acceptors (Lipinski definition) is 6. The van der Waals surface area contributed by atoms with Gasteiger partial charge in [0.25, 0.3) is 11.8 Å². The highest BCUT2D eigenvalue weighted by Gasteiger charge is 2.41. The predicted octanol–water partition coefficient (Wildman–Crippen LogP) is 3.35. The van der Waals surface area contributed by atoms with Crippen LogP contribution in [-0.4, -0.2) is 68.2 Å². The van der Waals surface area contributed by atoms with Crippen molar-refractivity contribution in [1.29, 1.82) is 0 Å². The van der Waals surface area contributed by atoms with Crippen molar-refractivity contribution in [2.75, 3.05) is 40.5 Å². The summed E-state index contributed by atoms with van der Waals surface area (Å²) in [4.78, 5) is 30.3. The third-order valence-electron chi connectivity index (χ3n) is 5.29. The Labute approximate surface area is 195 Å². The monoisotopic (exact) mass is 452 g/mol. The first kappa shape index (κ1) is 24.5. The van der Waals surface area contributed by atoms with Gasteiger partial charge in [0.2, 0.25) is 0 Å². The molecular formula is C26H32N2O5. The summed E-state index contributed by atoms with van der Waals surface area (Å²) >= 11 is 0. The highest BCUT2D eigenvalue weighted by molar-refractivity contribution is 6.35. The zero-order chi connectivity index (χ0) is 23.8. The van der Waals surface area contributed by atoms with Crippen LogP contribution in [0.3, 0.4) is 0 Å². The van der Waals surface area contributed by atoms with E-state index in [9.17, 15) is 9.59 Å². The van der Waals surface area contributed by atoms with Crippen LogP contribution in [0.2, 0.25) is 0 Å². The fourth-order valence-electron chi connectivity index (χ4n) is 3.74. The van der Waals surface area contributed by atoms with Crippen molar-refractivity contribution in [3.63, 3.8) is 0 Å². The zero-order valence-corrected chi connectivity index (χ0v) is 19.7. The van der Waals surface area contributed by atoms with Gasteiger partial charge in [-0.15, -0.1) is 0 Å². The fourth-order valence-corrected chi connectivity index (χ4v) is 3.74. The third-order valence-corrected chi connectivity index (χ3v) is 5.29.